The van der Waals surface area contributed by atoms with Gasteiger partial charge in [0.2, 0.25) is 11.8 Å². The van der Waals surface area contributed by atoms with E-state index in [0.29, 0.717) is 34.6 Å². The minimum atomic E-state index is 0.364. The molecule has 5 rings (SSSR count). The van der Waals surface area contributed by atoms with Gasteiger partial charge in [-0.3, -0.25) is 0 Å². The Morgan fingerprint density at radius 1 is 0.710 bits per heavy atom. The molecule has 2 aromatic heterocycles. The molecule has 0 aliphatic heterocycles. The summed E-state index contributed by atoms with van der Waals surface area (Å²) in [6, 6.07) is 26.6. The quantitative estimate of drug-likeness (QED) is 0.374. The summed E-state index contributed by atoms with van der Waals surface area (Å²) in [5, 5.41) is 4.32. The Kier molecular flexibility index (Phi) is 4.90. The summed E-state index contributed by atoms with van der Waals surface area (Å²) in [6.45, 7) is 0. The molecule has 7 nitrogen and oxygen atoms in total. The molecule has 2 heterocycles. The van der Waals surface area contributed by atoms with Gasteiger partial charge < -0.3 is 14.2 Å². The monoisotopic (exact) mass is 410 g/mol. The van der Waals surface area contributed by atoms with E-state index in [1.165, 1.54) is 6.33 Å². The summed E-state index contributed by atoms with van der Waals surface area (Å²) in [6.07, 6.45) is 1.43. The van der Waals surface area contributed by atoms with Crippen LogP contribution in [0, 0.1) is 0 Å². The van der Waals surface area contributed by atoms with Gasteiger partial charge in [-0.2, -0.15) is 19.6 Å². The van der Waals surface area contributed by atoms with E-state index in [1.807, 2.05) is 84.9 Å². The number of ether oxygens (including phenoxy) is 3. The Morgan fingerprint density at radius 2 is 1.35 bits per heavy atom. The van der Waals surface area contributed by atoms with E-state index in [0.717, 1.165) is 11.3 Å². The zero-order valence-corrected chi connectivity index (χ0v) is 16.7. The number of aromatic nitrogens is 4. The summed E-state index contributed by atoms with van der Waals surface area (Å²) >= 11 is 0. The maximum atomic E-state index is 6.28. The van der Waals surface area contributed by atoms with Crippen molar-refractivity contribution in [3.63, 3.8) is 0 Å². The fourth-order valence-electron chi connectivity index (χ4n) is 3.17. The van der Waals surface area contributed by atoms with Gasteiger partial charge in [-0.1, -0.05) is 48.5 Å². The van der Waals surface area contributed by atoms with Crippen molar-refractivity contribution in [2.45, 2.75) is 0 Å². The lowest BCUT2D eigenvalue weighted by atomic mass is 10.1. The fourth-order valence-corrected chi connectivity index (χ4v) is 3.17. The number of nitrogens with zero attached hydrogens (tertiary/aromatic N) is 4. The second-order valence-corrected chi connectivity index (χ2v) is 6.63. The average Bonchev–Trinajstić information content (AvgIpc) is 3.29. The molecule has 0 saturated carbocycles. The van der Waals surface area contributed by atoms with Crippen LogP contribution in [-0.2, 0) is 0 Å². The number of benzene rings is 3. The highest BCUT2D eigenvalue weighted by Crippen LogP contribution is 2.41. The van der Waals surface area contributed by atoms with Gasteiger partial charge in [0.1, 0.15) is 29.1 Å². The molecular weight excluding hydrogens is 392 g/mol. The van der Waals surface area contributed by atoms with Crippen LogP contribution in [0.1, 0.15) is 0 Å². The molecular formula is C24H18N4O3. The van der Waals surface area contributed by atoms with Crippen molar-refractivity contribution in [1.82, 2.24) is 19.6 Å². The van der Waals surface area contributed by atoms with Crippen molar-refractivity contribution >= 4 is 5.78 Å². The molecule has 0 radical (unpaired) electrons. The van der Waals surface area contributed by atoms with Gasteiger partial charge in [-0.25, -0.2) is 0 Å². The van der Waals surface area contributed by atoms with Gasteiger partial charge in [0.05, 0.1) is 7.11 Å². The van der Waals surface area contributed by atoms with E-state index >= 15 is 0 Å². The highest BCUT2D eigenvalue weighted by atomic mass is 16.5. The van der Waals surface area contributed by atoms with Gasteiger partial charge in [0.25, 0.3) is 5.78 Å². The number of methoxy groups -OCH3 is 1. The number of hydrogen-bond acceptors (Lipinski definition) is 6. The molecule has 3 aromatic carbocycles. The van der Waals surface area contributed by atoms with Crippen molar-refractivity contribution < 1.29 is 14.2 Å². The van der Waals surface area contributed by atoms with E-state index < -0.39 is 0 Å². The first-order valence-corrected chi connectivity index (χ1v) is 9.66. The Morgan fingerprint density at radius 3 is 2.00 bits per heavy atom. The molecule has 0 atom stereocenters. The average molecular weight is 410 g/mol. The lowest BCUT2D eigenvalue weighted by Crippen LogP contribution is -2.04. The third kappa shape index (κ3) is 3.76. The van der Waals surface area contributed by atoms with Crippen molar-refractivity contribution in [3.8, 4) is 40.1 Å². The largest absolute Gasteiger partial charge is 0.497 e. The number of rotatable bonds is 6. The topological polar surface area (TPSA) is 70.8 Å². The van der Waals surface area contributed by atoms with E-state index in [2.05, 4.69) is 15.1 Å². The summed E-state index contributed by atoms with van der Waals surface area (Å²) < 4.78 is 19.3. The second-order valence-electron chi connectivity index (χ2n) is 6.63. The third-order valence-electron chi connectivity index (χ3n) is 4.65. The minimum Gasteiger partial charge on any atom is -0.497 e. The molecule has 7 heteroatoms. The van der Waals surface area contributed by atoms with E-state index in [1.54, 1.807) is 11.6 Å². The first-order chi connectivity index (χ1) is 15.3. The van der Waals surface area contributed by atoms with Crippen molar-refractivity contribution in [1.29, 1.82) is 0 Å². The first kappa shape index (κ1) is 18.6. The number of fused-ring (bicyclic) bond motifs is 1. The van der Waals surface area contributed by atoms with Crippen LogP contribution in [0.4, 0.5) is 0 Å². The molecule has 0 unspecified atom stereocenters. The van der Waals surface area contributed by atoms with Gasteiger partial charge in [0.15, 0.2) is 0 Å². The zero-order chi connectivity index (χ0) is 21.0. The Balaban J connectivity index is 1.73. The van der Waals surface area contributed by atoms with Gasteiger partial charge in [-0.15, -0.1) is 0 Å². The normalized spacial score (nSPS) is 10.7. The Bertz CT molecular complexity index is 1300. The SMILES string of the molecule is COc1ccc(-c2c(Oc3ccccc3)nc3ncnn3c2Oc2ccccc2)cc1. The Hall–Kier alpha value is -4.39. The summed E-state index contributed by atoms with van der Waals surface area (Å²) in [7, 11) is 1.63. The molecule has 0 N–H and O–H groups in total. The molecule has 31 heavy (non-hydrogen) atoms. The molecule has 5 aromatic rings. The van der Waals surface area contributed by atoms with Crippen LogP contribution in [0.2, 0.25) is 0 Å². The molecule has 0 aliphatic rings. The highest BCUT2D eigenvalue weighted by molar-refractivity contribution is 5.76. The van der Waals surface area contributed by atoms with Crippen molar-refractivity contribution in [3.05, 3.63) is 91.3 Å². The molecule has 0 saturated heterocycles. The van der Waals surface area contributed by atoms with Crippen LogP contribution in [0.15, 0.2) is 91.3 Å². The summed E-state index contributed by atoms with van der Waals surface area (Å²) in [5.74, 6) is 3.24. The van der Waals surface area contributed by atoms with E-state index in [4.69, 9.17) is 14.2 Å². The first-order valence-electron chi connectivity index (χ1n) is 9.66. The molecule has 0 aliphatic carbocycles. The van der Waals surface area contributed by atoms with Crippen molar-refractivity contribution in [2.75, 3.05) is 7.11 Å². The van der Waals surface area contributed by atoms with Crippen LogP contribution in [-0.4, -0.2) is 26.7 Å². The third-order valence-corrected chi connectivity index (χ3v) is 4.65. The lowest BCUT2D eigenvalue weighted by molar-refractivity contribution is 0.414. The maximum Gasteiger partial charge on any atom is 0.258 e. The van der Waals surface area contributed by atoms with Gasteiger partial charge in [0, 0.05) is 0 Å². The van der Waals surface area contributed by atoms with Crippen LogP contribution in [0.5, 0.6) is 29.0 Å². The van der Waals surface area contributed by atoms with Gasteiger partial charge in [-0.05, 0) is 42.0 Å². The predicted molar refractivity (Wildman–Crippen MR) is 116 cm³/mol. The van der Waals surface area contributed by atoms with E-state index in [-0.39, 0.29) is 0 Å². The van der Waals surface area contributed by atoms with Gasteiger partial charge >= 0.3 is 0 Å². The minimum absolute atomic E-state index is 0.364. The summed E-state index contributed by atoms with van der Waals surface area (Å²) in [5.41, 5.74) is 1.48. The standard InChI is InChI=1S/C24H18N4O3/c1-29-18-14-12-17(13-15-18)21-22(30-19-8-4-2-5-9-19)27-24-25-16-26-28(24)23(21)31-20-10-6-3-7-11-20/h2-16H,1H3. The summed E-state index contributed by atoms with van der Waals surface area (Å²) in [4.78, 5) is 8.85. The van der Waals surface area contributed by atoms with Crippen molar-refractivity contribution in [2.24, 2.45) is 0 Å². The maximum absolute atomic E-state index is 6.28. The molecule has 0 fully saturated rings. The van der Waals surface area contributed by atoms with Crippen LogP contribution < -0.4 is 14.2 Å². The molecule has 0 amide bonds. The second kappa shape index (κ2) is 8.16. The molecule has 0 spiro atoms. The number of para-hydroxylation sites is 2. The fraction of sp³-hybridized carbons (Fsp3) is 0.0417. The molecule has 0 bridgehead atoms. The predicted octanol–water partition coefficient (Wildman–Crippen LogP) is 5.38. The van der Waals surface area contributed by atoms with Crippen LogP contribution >= 0.6 is 0 Å². The van der Waals surface area contributed by atoms with Crippen LogP contribution in [0.25, 0.3) is 16.9 Å². The van der Waals surface area contributed by atoms with Crippen LogP contribution in [0.3, 0.4) is 0 Å². The smallest absolute Gasteiger partial charge is 0.258 e. The Labute approximate surface area is 178 Å². The highest BCUT2D eigenvalue weighted by Gasteiger charge is 2.22. The number of hydrogen-bond donors (Lipinski definition) is 0. The van der Waals surface area contributed by atoms with E-state index in [9.17, 15) is 0 Å². The molecule has 152 valence electrons. The zero-order valence-electron chi connectivity index (χ0n) is 16.7. The lowest BCUT2D eigenvalue weighted by Gasteiger charge is -2.16.